The van der Waals surface area contributed by atoms with Crippen molar-refractivity contribution in [2.24, 2.45) is 5.92 Å². The molecule has 0 rings (SSSR count). The van der Waals surface area contributed by atoms with Crippen LogP contribution in [0.5, 0.6) is 0 Å². The van der Waals surface area contributed by atoms with E-state index in [-0.39, 0.29) is 0 Å². The van der Waals surface area contributed by atoms with Gasteiger partial charge < -0.3 is 4.79 Å². The van der Waals surface area contributed by atoms with Crippen LogP contribution < -0.4 is 0 Å². The predicted molar refractivity (Wildman–Crippen MR) is 53.1 cm³/mol. The van der Waals surface area contributed by atoms with E-state index in [9.17, 15) is 4.79 Å². The zero-order chi connectivity index (χ0) is 9.40. The largest absolute Gasteiger partial charge is 0.303 e. The summed E-state index contributed by atoms with van der Waals surface area (Å²) in [6, 6.07) is 0. The Morgan fingerprint density at radius 2 is 2.08 bits per heavy atom. The van der Waals surface area contributed by atoms with Crippen molar-refractivity contribution in [2.75, 3.05) is 0 Å². The average Bonchev–Trinajstić information content (AvgIpc) is 2.05. The Hall–Kier alpha value is -0.590. The lowest BCUT2D eigenvalue weighted by Crippen LogP contribution is -1.97. The molecule has 0 saturated heterocycles. The second kappa shape index (κ2) is 7.08. The van der Waals surface area contributed by atoms with Crippen molar-refractivity contribution < 1.29 is 4.79 Å². The third kappa shape index (κ3) is 6.14. The van der Waals surface area contributed by atoms with Gasteiger partial charge in [0, 0.05) is 6.42 Å². The van der Waals surface area contributed by atoms with E-state index in [0.29, 0.717) is 5.92 Å². The van der Waals surface area contributed by atoms with Crippen LogP contribution in [-0.4, -0.2) is 6.29 Å². The molecule has 0 amide bonds. The van der Waals surface area contributed by atoms with Crippen LogP contribution in [-0.2, 0) is 4.79 Å². The highest BCUT2D eigenvalue weighted by Crippen LogP contribution is 2.15. The first kappa shape index (κ1) is 11.4. The summed E-state index contributed by atoms with van der Waals surface area (Å²) in [7, 11) is 0. The molecule has 0 aliphatic carbocycles. The van der Waals surface area contributed by atoms with Gasteiger partial charge in [-0.1, -0.05) is 25.0 Å². The van der Waals surface area contributed by atoms with Crippen LogP contribution >= 0.6 is 0 Å². The minimum Gasteiger partial charge on any atom is -0.303 e. The number of allylic oxidation sites excluding steroid dienone is 2. The summed E-state index contributed by atoms with van der Waals surface area (Å²) in [4.78, 5) is 10.1. The summed E-state index contributed by atoms with van der Waals surface area (Å²) < 4.78 is 0. The fourth-order valence-electron chi connectivity index (χ4n) is 1.19. The summed E-state index contributed by atoms with van der Waals surface area (Å²) >= 11 is 0. The number of carbonyl (C=O) groups is 1. The van der Waals surface area contributed by atoms with Crippen molar-refractivity contribution >= 4 is 6.29 Å². The maximum atomic E-state index is 10.1. The van der Waals surface area contributed by atoms with E-state index in [1.807, 2.05) is 0 Å². The van der Waals surface area contributed by atoms with Crippen molar-refractivity contribution in [2.45, 2.75) is 46.5 Å². The van der Waals surface area contributed by atoms with E-state index in [0.717, 1.165) is 25.5 Å². The molecule has 0 aliphatic heterocycles. The standard InChI is InChI=1S/C11H20O/c1-4-11(6-5-9-12)8-7-10(2)3/h7,9,11H,4-6,8H2,1-3H3. The van der Waals surface area contributed by atoms with E-state index in [2.05, 4.69) is 26.8 Å². The Kier molecular flexibility index (Phi) is 6.73. The first-order valence-electron chi connectivity index (χ1n) is 4.77. The minimum atomic E-state index is 0.699. The maximum Gasteiger partial charge on any atom is 0.120 e. The molecule has 1 heteroatoms. The molecule has 1 unspecified atom stereocenters. The zero-order valence-electron chi connectivity index (χ0n) is 8.47. The fourth-order valence-corrected chi connectivity index (χ4v) is 1.19. The SMILES string of the molecule is CCC(CC=C(C)C)CCC=O. The van der Waals surface area contributed by atoms with Gasteiger partial charge in [0.25, 0.3) is 0 Å². The molecule has 0 aliphatic rings. The van der Waals surface area contributed by atoms with Crippen LogP contribution in [0.2, 0.25) is 0 Å². The first-order chi connectivity index (χ1) is 5.70. The number of aldehydes is 1. The monoisotopic (exact) mass is 168 g/mol. The van der Waals surface area contributed by atoms with Crippen LogP contribution in [0.4, 0.5) is 0 Å². The van der Waals surface area contributed by atoms with Gasteiger partial charge in [0.2, 0.25) is 0 Å². The van der Waals surface area contributed by atoms with Gasteiger partial charge in [-0.3, -0.25) is 0 Å². The lowest BCUT2D eigenvalue weighted by Gasteiger charge is -2.09. The van der Waals surface area contributed by atoms with E-state index in [1.165, 1.54) is 12.0 Å². The summed E-state index contributed by atoms with van der Waals surface area (Å²) in [5.74, 6) is 0.699. The van der Waals surface area contributed by atoms with Gasteiger partial charge in [0.1, 0.15) is 6.29 Å². The van der Waals surface area contributed by atoms with Crippen LogP contribution in [0.15, 0.2) is 11.6 Å². The third-order valence-electron chi connectivity index (χ3n) is 2.13. The summed E-state index contributed by atoms with van der Waals surface area (Å²) in [6.07, 6.45) is 7.35. The van der Waals surface area contributed by atoms with E-state index >= 15 is 0 Å². The fraction of sp³-hybridized carbons (Fsp3) is 0.727. The molecule has 1 nitrogen and oxygen atoms in total. The Morgan fingerprint density at radius 3 is 2.50 bits per heavy atom. The van der Waals surface area contributed by atoms with Crippen molar-refractivity contribution in [3.8, 4) is 0 Å². The molecule has 0 bridgehead atoms. The number of hydrogen-bond acceptors (Lipinski definition) is 1. The van der Waals surface area contributed by atoms with E-state index in [4.69, 9.17) is 0 Å². The molecule has 0 N–H and O–H groups in total. The van der Waals surface area contributed by atoms with Crippen molar-refractivity contribution in [1.82, 2.24) is 0 Å². The Bertz CT molecular complexity index is 143. The Labute approximate surface area is 75.9 Å². The van der Waals surface area contributed by atoms with Crippen molar-refractivity contribution in [3.63, 3.8) is 0 Å². The van der Waals surface area contributed by atoms with Crippen LogP contribution in [0.1, 0.15) is 46.5 Å². The highest BCUT2D eigenvalue weighted by molar-refractivity contribution is 5.49. The molecule has 0 fully saturated rings. The zero-order valence-corrected chi connectivity index (χ0v) is 8.47. The molecular weight excluding hydrogens is 148 g/mol. The topological polar surface area (TPSA) is 17.1 Å². The molecule has 0 aromatic rings. The van der Waals surface area contributed by atoms with Gasteiger partial charge in [0.05, 0.1) is 0 Å². The maximum absolute atomic E-state index is 10.1. The van der Waals surface area contributed by atoms with E-state index in [1.54, 1.807) is 0 Å². The Balaban J connectivity index is 3.67. The van der Waals surface area contributed by atoms with Crippen LogP contribution in [0.25, 0.3) is 0 Å². The van der Waals surface area contributed by atoms with Gasteiger partial charge in [-0.05, 0) is 32.6 Å². The molecule has 0 aromatic carbocycles. The smallest absolute Gasteiger partial charge is 0.120 e. The predicted octanol–water partition coefficient (Wildman–Crippen LogP) is 3.35. The average molecular weight is 168 g/mol. The highest BCUT2D eigenvalue weighted by Gasteiger charge is 2.02. The van der Waals surface area contributed by atoms with Gasteiger partial charge >= 0.3 is 0 Å². The molecule has 0 spiro atoms. The lowest BCUT2D eigenvalue weighted by atomic mass is 9.96. The van der Waals surface area contributed by atoms with Crippen molar-refractivity contribution in [1.29, 1.82) is 0 Å². The number of carbonyl (C=O) groups excluding carboxylic acids is 1. The molecule has 70 valence electrons. The highest BCUT2D eigenvalue weighted by atomic mass is 16.1. The van der Waals surface area contributed by atoms with E-state index < -0.39 is 0 Å². The first-order valence-corrected chi connectivity index (χ1v) is 4.77. The third-order valence-corrected chi connectivity index (χ3v) is 2.13. The second-order valence-electron chi connectivity index (χ2n) is 3.54. The van der Waals surface area contributed by atoms with Gasteiger partial charge in [-0.15, -0.1) is 0 Å². The van der Waals surface area contributed by atoms with Crippen LogP contribution in [0.3, 0.4) is 0 Å². The molecule has 1 atom stereocenters. The quantitative estimate of drug-likeness (QED) is 0.439. The molecule has 0 heterocycles. The Morgan fingerprint density at radius 1 is 1.42 bits per heavy atom. The lowest BCUT2D eigenvalue weighted by molar-refractivity contribution is -0.108. The summed E-state index contributed by atoms with van der Waals surface area (Å²) in [5, 5.41) is 0. The summed E-state index contributed by atoms with van der Waals surface area (Å²) in [5.41, 5.74) is 1.37. The number of rotatable bonds is 6. The second-order valence-corrected chi connectivity index (χ2v) is 3.54. The molecule has 0 radical (unpaired) electrons. The molecule has 12 heavy (non-hydrogen) atoms. The van der Waals surface area contributed by atoms with Gasteiger partial charge in [0.15, 0.2) is 0 Å². The van der Waals surface area contributed by atoms with Crippen molar-refractivity contribution in [3.05, 3.63) is 11.6 Å². The van der Waals surface area contributed by atoms with Gasteiger partial charge in [-0.2, -0.15) is 0 Å². The van der Waals surface area contributed by atoms with Crippen LogP contribution in [0, 0.1) is 5.92 Å². The normalized spacial score (nSPS) is 12.2. The minimum absolute atomic E-state index is 0.699. The number of hydrogen-bond donors (Lipinski definition) is 0. The molecule has 0 aromatic heterocycles. The molecular formula is C11H20O. The van der Waals surface area contributed by atoms with Gasteiger partial charge in [-0.25, -0.2) is 0 Å². The molecule has 0 saturated carbocycles. The summed E-state index contributed by atoms with van der Waals surface area (Å²) in [6.45, 7) is 6.42.